The molecule has 1 aromatic rings. The first-order chi connectivity index (χ1) is 18.0. The lowest BCUT2D eigenvalue weighted by Gasteiger charge is -2.53. The van der Waals surface area contributed by atoms with Gasteiger partial charge in [0.1, 0.15) is 0 Å². The van der Waals surface area contributed by atoms with Crippen molar-refractivity contribution in [3.8, 4) is 6.07 Å². The van der Waals surface area contributed by atoms with Crippen molar-refractivity contribution in [1.82, 2.24) is 15.1 Å². The third kappa shape index (κ3) is 8.50. The van der Waals surface area contributed by atoms with Crippen LogP contribution in [0, 0.1) is 22.7 Å². The van der Waals surface area contributed by atoms with Crippen LogP contribution in [0.15, 0.2) is 24.3 Å². The Kier molecular flexibility index (Phi) is 13.0. The van der Waals surface area contributed by atoms with E-state index in [0.717, 1.165) is 71.6 Å². The molecule has 1 aromatic carbocycles. The van der Waals surface area contributed by atoms with Crippen LogP contribution in [0.1, 0.15) is 36.8 Å². The number of carbonyl (C=O) groups excluding carboxylic acids is 1. The third-order valence-electron chi connectivity index (χ3n) is 7.46. The summed E-state index contributed by atoms with van der Waals surface area (Å²) in [4.78, 5) is 35.0. The van der Waals surface area contributed by atoms with Gasteiger partial charge in [-0.1, -0.05) is 12.1 Å². The number of ether oxygens (including phenoxy) is 1. The first-order valence-electron chi connectivity index (χ1n) is 12.6. The zero-order valence-electron chi connectivity index (χ0n) is 21.1. The lowest BCUT2D eigenvalue weighted by Crippen LogP contribution is -2.60. The molecule has 2 saturated heterocycles. The number of hydrogen-bond acceptors (Lipinski definition) is 8. The number of amides is 1. The molecule has 11 nitrogen and oxygen atoms in total. The van der Waals surface area contributed by atoms with E-state index in [-0.39, 0.29) is 30.9 Å². The van der Waals surface area contributed by atoms with Crippen LogP contribution >= 0.6 is 0 Å². The molecule has 4 N–H and O–H groups in total. The summed E-state index contributed by atoms with van der Waals surface area (Å²) < 4.78 is 5.53. The number of benzene rings is 1. The van der Waals surface area contributed by atoms with Crippen LogP contribution in [-0.4, -0.2) is 103 Å². The summed E-state index contributed by atoms with van der Waals surface area (Å²) in [7, 11) is 0. The van der Waals surface area contributed by atoms with Gasteiger partial charge in [-0.15, -0.1) is 0 Å². The largest absolute Gasteiger partial charge is 0.483 e. The number of rotatable bonds is 6. The number of carboxylic acid groups (broad SMARTS) is 2. The molecule has 37 heavy (non-hydrogen) atoms. The van der Waals surface area contributed by atoms with Gasteiger partial charge in [-0.2, -0.15) is 5.26 Å². The maximum absolute atomic E-state index is 13.4. The van der Waals surface area contributed by atoms with E-state index in [4.69, 9.17) is 29.8 Å². The van der Waals surface area contributed by atoms with Gasteiger partial charge < -0.3 is 25.4 Å². The van der Waals surface area contributed by atoms with Gasteiger partial charge in [-0.25, -0.2) is 0 Å². The fourth-order valence-electron chi connectivity index (χ4n) is 5.79. The zero-order chi connectivity index (χ0) is 27.1. The molecule has 1 amide bonds. The van der Waals surface area contributed by atoms with Gasteiger partial charge in [-0.05, 0) is 55.8 Å². The van der Waals surface area contributed by atoms with E-state index in [1.807, 2.05) is 24.3 Å². The van der Waals surface area contributed by atoms with Crippen LogP contribution < -0.4 is 5.32 Å². The van der Waals surface area contributed by atoms with Crippen molar-refractivity contribution in [2.24, 2.45) is 11.3 Å². The average Bonchev–Trinajstić information content (AvgIpc) is 2.93. The van der Waals surface area contributed by atoms with Crippen molar-refractivity contribution >= 4 is 18.9 Å². The van der Waals surface area contributed by atoms with Crippen LogP contribution in [0.5, 0.6) is 0 Å². The minimum absolute atomic E-state index is 0.0299. The molecule has 3 aliphatic rings. The normalized spacial score (nSPS) is 25.5. The highest BCUT2D eigenvalue weighted by atomic mass is 16.5. The van der Waals surface area contributed by atoms with Crippen molar-refractivity contribution in [2.45, 2.75) is 38.3 Å². The van der Waals surface area contributed by atoms with Gasteiger partial charge in [0, 0.05) is 38.8 Å². The first-order valence-corrected chi connectivity index (χ1v) is 12.6. The number of aliphatic hydroxyl groups excluding tert-OH is 1. The fraction of sp³-hybridized carbons (Fsp3) is 0.615. The molecule has 0 spiro atoms. The minimum atomic E-state index is -0.386. The van der Waals surface area contributed by atoms with Crippen LogP contribution in [-0.2, 0) is 25.7 Å². The second-order valence-electron chi connectivity index (χ2n) is 9.43. The van der Waals surface area contributed by atoms with Crippen molar-refractivity contribution in [3.63, 3.8) is 0 Å². The molecule has 1 aliphatic carbocycles. The molecule has 204 valence electrons. The molecule has 4 rings (SSSR count). The van der Waals surface area contributed by atoms with Gasteiger partial charge in [0.25, 0.3) is 12.9 Å². The average molecular weight is 519 g/mol. The van der Waals surface area contributed by atoms with E-state index >= 15 is 0 Å². The molecule has 0 aromatic heterocycles. The highest BCUT2D eigenvalue weighted by Crippen LogP contribution is 2.48. The van der Waals surface area contributed by atoms with Gasteiger partial charge in [-0.3, -0.25) is 24.2 Å². The predicted molar refractivity (Wildman–Crippen MR) is 134 cm³/mol. The Morgan fingerprint density at radius 3 is 2.38 bits per heavy atom. The van der Waals surface area contributed by atoms with E-state index in [9.17, 15) is 9.90 Å². The molecular formula is C26H38N4O7. The summed E-state index contributed by atoms with van der Waals surface area (Å²) in [5.41, 5.74) is 1.46. The number of aliphatic hydroxyl groups is 1. The Labute approximate surface area is 217 Å². The van der Waals surface area contributed by atoms with E-state index in [0.29, 0.717) is 24.1 Å². The zero-order valence-corrected chi connectivity index (χ0v) is 21.1. The molecular weight excluding hydrogens is 480 g/mol. The van der Waals surface area contributed by atoms with E-state index in [1.54, 1.807) is 0 Å². The smallest absolute Gasteiger partial charge is 0.290 e. The number of likely N-dealkylation sites (tertiary alicyclic amines) is 1. The van der Waals surface area contributed by atoms with Crippen LogP contribution in [0.2, 0.25) is 0 Å². The summed E-state index contributed by atoms with van der Waals surface area (Å²) in [5, 5.41) is 35.0. The third-order valence-corrected chi connectivity index (χ3v) is 7.46. The maximum Gasteiger partial charge on any atom is 0.290 e. The number of nitrogens with zero attached hydrogens (tertiary/aromatic N) is 3. The number of hydrogen-bond donors (Lipinski definition) is 4. The van der Waals surface area contributed by atoms with Gasteiger partial charge in [0.05, 0.1) is 36.9 Å². The second-order valence-corrected chi connectivity index (χ2v) is 9.43. The summed E-state index contributed by atoms with van der Waals surface area (Å²) >= 11 is 0. The van der Waals surface area contributed by atoms with Crippen molar-refractivity contribution < 1.29 is 34.4 Å². The fourth-order valence-corrected chi connectivity index (χ4v) is 5.79. The Bertz CT molecular complexity index is 880. The Hall–Kier alpha value is -3.04. The summed E-state index contributed by atoms with van der Waals surface area (Å²) in [6, 6.07) is 10.5. The number of piperidine rings is 1. The number of fused-ring (bicyclic) bond motifs is 1. The SMILES string of the molecule is N#Cc1ccc(CN2CC[C@@H]3C[C@@H](N4CCOCC4)CC[C@@]3(C(=O)NCCO)C2)cc1.O=CO.O=CO. The van der Waals surface area contributed by atoms with Crippen molar-refractivity contribution in [1.29, 1.82) is 5.26 Å². The monoisotopic (exact) mass is 518 g/mol. The quantitative estimate of drug-likeness (QED) is 0.395. The highest BCUT2D eigenvalue weighted by molar-refractivity contribution is 5.83. The summed E-state index contributed by atoms with van der Waals surface area (Å²) in [6.07, 6.45) is 4.01. The topological polar surface area (TPSA) is 163 Å². The van der Waals surface area contributed by atoms with Gasteiger partial charge in [0.2, 0.25) is 5.91 Å². The lowest BCUT2D eigenvalue weighted by molar-refractivity contribution is -0.145. The molecule has 0 radical (unpaired) electrons. The Morgan fingerprint density at radius 1 is 1.14 bits per heavy atom. The summed E-state index contributed by atoms with van der Waals surface area (Å²) in [5.74, 6) is 0.474. The summed E-state index contributed by atoms with van der Waals surface area (Å²) in [6.45, 7) is 5.91. The van der Waals surface area contributed by atoms with Gasteiger partial charge >= 0.3 is 0 Å². The van der Waals surface area contributed by atoms with Crippen LogP contribution in [0.3, 0.4) is 0 Å². The second kappa shape index (κ2) is 15.9. The predicted octanol–water partition coefficient (Wildman–Crippen LogP) is 0.761. The number of nitriles is 1. The number of carbonyl (C=O) groups is 3. The maximum atomic E-state index is 13.4. The first kappa shape index (κ1) is 30.2. The van der Waals surface area contributed by atoms with E-state index in [1.165, 1.54) is 5.56 Å². The molecule has 1 saturated carbocycles. The number of nitrogens with one attached hydrogen (secondary N) is 1. The standard InChI is InChI=1S/C24H34N4O3.2CH2O2/c25-16-19-1-3-20(4-2-19)17-27-9-6-21-15-22(28-10-13-31-14-11-28)5-7-24(21,18-27)23(30)26-8-12-29;2*2-1-3/h1-4,21-22,29H,5-15,17-18H2,(H,26,30);2*1H,(H,2,3)/t21-,22+,24-;;/m1../s1. The Morgan fingerprint density at radius 2 is 1.78 bits per heavy atom. The molecule has 0 bridgehead atoms. The molecule has 3 atom stereocenters. The van der Waals surface area contributed by atoms with E-state index in [2.05, 4.69) is 21.2 Å². The van der Waals surface area contributed by atoms with E-state index < -0.39 is 0 Å². The van der Waals surface area contributed by atoms with Gasteiger partial charge in [0.15, 0.2) is 0 Å². The molecule has 11 heteroatoms. The Balaban J connectivity index is 0.000000733. The number of morpholine rings is 1. The highest BCUT2D eigenvalue weighted by Gasteiger charge is 2.52. The molecule has 3 fully saturated rings. The van der Waals surface area contributed by atoms with Crippen LogP contribution in [0.4, 0.5) is 0 Å². The molecule has 0 unspecified atom stereocenters. The minimum Gasteiger partial charge on any atom is -0.483 e. The van der Waals surface area contributed by atoms with Crippen molar-refractivity contribution in [3.05, 3.63) is 35.4 Å². The van der Waals surface area contributed by atoms with Crippen LogP contribution in [0.25, 0.3) is 0 Å². The molecule has 2 aliphatic heterocycles. The lowest BCUT2D eigenvalue weighted by atomic mass is 9.60. The van der Waals surface area contributed by atoms with Crippen molar-refractivity contribution in [2.75, 3.05) is 52.5 Å². The molecule has 2 heterocycles.